The van der Waals surface area contributed by atoms with Crippen LogP contribution in [0.25, 0.3) is 10.2 Å². The number of thiazole rings is 1. The van der Waals surface area contributed by atoms with E-state index in [1.54, 1.807) is 36.5 Å². The number of halogens is 1. The Morgan fingerprint density at radius 2 is 2.00 bits per heavy atom. The van der Waals surface area contributed by atoms with Crippen LogP contribution in [0.1, 0.15) is 21.7 Å². The first kappa shape index (κ1) is 18.5. The smallest absolute Gasteiger partial charge is 0.260 e. The molecule has 0 aliphatic heterocycles. The Labute approximate surface area is 171 Å². The van der Waals surface area contributed by atoms with E-state index in [-0.39, 0.29) is 12.5 Å². The number of ether oxygens (including phenoxy) is 1. The van der Waals surface area contributed by atoms with E-state index in [9.17, 15) is 4.79 Å². The Kier molecular flexibility index (Phi) is 5.07. The van der Waals surface area contributed by atoms with Crippen LogP contribution in [0.5, 0.6) is 5.75 Å². The largest absolute Gasteiger partial charge is 0.494 e. The van der Waals surface area contributed by atoms with Crippen LogP contribution < -0.4 is 9.64 Å². The predicted octanol–water partition coefficient (Wildman–Crippen LogP) is 5.71. The zero-order valence-corrected chi connectivity index (χ0v) is 16.9. The van der Waals surface area contributed by atoms with Crippen LogP contribution in [0.2, 0.25) is 5.02 Å². The Balaban J connectivity index is 1.81. The number of furan rings is 1. The van der Waals surface area contributed by atoms with Gasteiger partial charge < -0.3 is 9.15 Å². The minimum Gasteiger partial charge on any atom is -0.494 e. The van der Waals surface area contributed by atoms with E-state index in [2.05, 4.69) is 4.98 Å². The number of carbonyl (C=O) groups is 1. The van der Waals surface area contributed by atoms with Crippen molar-refractivity contribution in [2.24, 2.45) is 0 Å². The van der Waals surface area contributed by atoms with Crippen LogP contribution in [-0.2, 0) is 6.54 Å². The highest BCUT2D eigenvalue weighted by Gasteiger charge is 2.24. The number of benzene rings is 2. The minimum absolute atomic E-state index is 0.162. The molecule has 0 saturated heterocycles. The zero-order chi connectivity index (χ0) is 19.7. The molecule has 28 heavy (non-hydrogen) atoms. The van der Waals surface area contributed by atoms with Crippen molar-refractivity contribution in [3.05, 3.63) is 76.7 Å². The molecule has 0 spiro atoms. The standard InChI is InChI=1S/C21H17ClN2O3S/c1-13-5-7-14(8-6-13)20(25)24(12-15-4-3-11-27-15)21-23-18-17(26-2)10-9-16(22)19(18)28-21/h3-11H,12H2,1-2H3. The summed E-state index contributed by atoms with van der Waals surface area (Å²) in [7, 11) is 1.58. The molecule has 4 aromatic rings. The molecule has 0 unspecified atom stereocenters. The molecule has 4 rings (SSSR count). The van der Waals surface area contributed by atoms with E-state index in [0.29, 0.717) is 32.7 Å². The van der Waals surface area contributed by atoms with Gasteiger partial charge in [-0.15, -0.1) is 0 Å². The first-order valence-electron chi connectivity index (χ1n) is 8.61. The van der Waals surface area contributed by atoms with E-state index in [1.807, 2.05) is 37.3 Å². The molecule has 0 aliphatic carbocycles. The van der Waals surface area contributed by atoms with Gasteiger partial charge in [-0.25, -0.2) is 4.98 Å². The quantitative estimate of drug-likeness (QED) is 0.421. The molecule has 1 amide bonds. The lowest BCUT2D eigenvalue weighted by atomic mass is 10.1. The summed E-state index contributed by atoms with van der Waals surface area (Å²) in [5, 5.41) is 1.10. The average Bonchev–Trinajstić information content (AvgIpc) is 3.37. The van der Waals surface area contributed by atoms with Crippen molar-refractivity contribution in [3.63, 3.8) is 0 Å². The summed E-state index contributed by atoms with van der Waals surface area (Å²) in [5.41, 5.74) is 2.30. The summed E-state index contributed by atoms with van der Waals surface area (Å²) in [6, 6.07) is 14.6. The lowest BCUT2D eigenvalue weighted by Gasteiger charge is -2.19. The molecule has 0 bridgehead atoms. The third kappa shape index (κ3) is 3.48. The summed E-state index contributed by atoms with van der Waals surface area (Å²) in [4.78, 5) is 19.5. The van der Waals surface area contributed by atoms with Gasteiger partial charge in [-0.05, 0) is 43.3 Å². The Morgan fingerprint density at radius 3 is 2.68 bits per heavy atom. The molecule has 0 aliphatic rings. The Morgan fingerprint density at radius 1 is 1.21 bits per heavy atom. The number of hydrogen-bond acceptors (Lipinski definition) is 5. The van der Waals surface area contributed by atoms with Crippen LogP contribution >= 0.6 is 22.9 Å². The molecule has 7 heteroatoms. The Hall–Kier alpha value is -2.83. The zero-order valence-electron chi connectivity index (χ0n) is 15.3. The van der Waals surface area contributed by atoms with Gasteiger partial charge in [0.15, 0.2) is 5.13 Å². The van der Waals surface area contributed by atoms with E-state index >= 15 is 0 Å². The van der Waals surface area contributed by atoms with E-state index < -0.39 is 0 Å². The van der Waals surface area contributed by atoms with Gasteiger partial charge in [0, 0.05) is 5.56 Å². The third-order valence-electron chi connectivity index (χ3n) is 4.34. The van der Waals surface area contributed by atoms with Crippen molar-refractivity contribution in [1.82, 2.24) is 4.98 Å². The molecule has 0 saturated carbocycles. The van der Waals surface area contributed by atoms with Crippen LogP contribution in [-0.4, -0.2) is 18.0 Å². The second-order valence-electron chi connectivity index (χ2n) is 6.26. The summed E-state index contributed by atoms with van der Waals surface area (Å²) in [6.45, 7) is 2.25. The second kappa shape index (κ2) is 7.66. The molecular weight excluding hydrogens is 396 g/mol. The van der Waals surface area contributed by atoms with Crippen molar-refractivity contribution in [2.75, 3.05) is 12.0 Å². The van der Waals surface area contributed by atoms with Gasteiger partial charge in [0.25, 0.3) is 5.91 Å². The maximum absolute atomic E-state index is 13.3. The molecule has 0 radical (unpaired) electrons. The fraction of sp³-hybridized carbons (Fsp3) is 0.143. The monoisotopic (exact) mass is 412 g/mol. The van der Waals surface area contributed by atoms with Crippen LogP contribution in [0.3, 0.4) is 0 Å². The fourth-order valence-corrected chi connectivity index (χ4v) is 4.11. The summed E-state index contributed by atoms with van der Waals surface area (Å²) < 4.78 is 11.6. The summed E-state index contributed by atoms with van der Waals surface area (Å²) in [6.07, 6.45) is 1.59. The number of hydrogen-bond donors (Lipinski definition) is 0. The highest BCUT2D eigenvalue weighted by Crippen LogP contribution is 2.39. The number of anilines is 1. The number of fused-ring (bicyclic) bond motifs is 1. The third-order valence-corrected chi connectivity index (χ3v) is 5.87. The molecular formula is C21H17ClN2O3S. The highest BCUT2D eigenvalue weighted by molar-refractivity contribution is 7.23. The van der Waals surface area contributed by atoms with Gasteiger partial charge in [0.05, 0.1) is 29.6 Å². The van der Waals surface area contributed by atoms with Gasteiger partial charge in [0.1, 0.15) is 17.0 Å². The summed E-state index contributed by atoms with van der Waals surface area (Å²) in [5.74, 6) is 1.12. The summed E-state index contributed by atoms with van der Waals surface area (Å²) >= 11 is 7.70. The SMILES string of the molecule is COc1ccc(Cl)c2sc(N(Cc3ccco3)C(=O)c3ccc(C)cc3)nc12. The number of amides is 1. The van der Waals surface area contributed by atoms with E-state index in [4.69, 9.17) is 20.8 Å². The van der Waals surface area contributed by atoms with Gasteiger partial charge in [0.2, 0.25) is 0 Å². The molecule has 2 heterocycles. The van der Waals surface area contributed by atoms with Gasteiger partial charge in [-0.3, -0.25) is 9.69 Å². The van der Waals surface area contributed by atoms with E-state index in [0.717, 1.165) is 10.3 Å². The number of aryl methyl sites for hydroxylation is 1. The topological polar surface area (TPSA) is 55.6 Å². The first-order chi connectivity index (χ1) is 13.6. The maximum atomic E-state index is 13.3. The number of carbonyl (C=O) groups excluding carboxylic acids is 1. The van der Waals surface area contributed by atoms with Crippen LogP contribution in [0, 0.1) is 6.92 Å². The van der Waals surface area contributed by atoms with Crippen molar-refractivity contribution in [3.8, 4) is 5.75 Å². The number of nitrogens with zero attached hydrogens (tertiary/aromatic N) is 2. The molecule has 0 fully saturated rings. The number of aromatic nitrogens is 1. The highest BCUT2D eigenvalue weighted by atomic mass is 35.5. The van der Waals surface area contributed by atoms with Gasteiger partial charge >= 0.3 is 0 Å². The maximum Gasteiger partial charge on any atom is 0.260 e. The lowest BCUT2D eigenvalue weighted by molar-refractivity contribution is 0.0983. The lowest BCUT2D eigenvalue weighted by Crippen LogP contribution is -2.30. The molecule has 5 nitrogen and oxygen atoms in total. The number of rotatable bonds is 5. The second-order valence-corrected chi connectivity index (χ2v) is 7.65. The molecule has 0 atom stereocenters. The molecule has 142 valence electrons. The molecule has 2 aromatic carbocycles. The van der Waals surface area contributed by atoms with Crippen molar-refractivity contribution in [1.29, 1.82) is 0 Å². The van der Waals surface area contributed by atoms with Crippen molar-refractivity contribution >= 4 is 44.2 Å². The molecule has 2 aromatic heterocycles. The van der Waals surface area contributed by atoms with Gasteiger partial charge in [-0.2, -0.15) is 0 Å². The average molecular weight is 413 g/mol. The number of methoxy groups -OCH3 is 1. The first-order valence-corrected chi connectivity index (χ1v) is 9.80. The molecule has 0 N–H and O–H groups in total. The van der Waals surface area contributed by atoms with Crippen LogP contribution in [0.15, 0.2) is 59.2 Å². The van der Waals surface area contributed by atoms with Crippen molar-refractivity contribution in [2.45, 2.75) is 13.5 Å². The van der Waals surface area contributed by atoms with Crippen molar-refractivity contribution < 1.29 is 13.9 Å². The normalized spacial score (nSPS) is 11.0. The predicted molar refractivity (Wildman–Crippen MR) is 112 cm³/mol. The Bertz CT molecular complexity index is 1120. The van der Waals surface area contributed by atoms with Crippen LogP contribution in [0.4, 0.5) is 5.13 Å². The minimum atomic E-state index is -0.162. The van der Waals surface area contributed by atoms with E-state index in [1.165, 1.54) is 11.3 Å². The van der Waals surface area contributed by atoms with Gasteiger partial charge in [-0.1, -0.05) is 40.6 Å². The fourth-order valence-electron chi connectivity index (χ4n) is 2.86.